The zero-order valence-electron chi connectivity index (χ0n) is 15.1. The number of aliphatic hydroxyl groups excluding tert-OH is 1. The Bertz CT molecular complexity index is 240. The summed E-state index contributed by atoms with van der Waals surface area (Å²) in [6, 6.07) is 0. The molecule has 0 aliphatic heterocycles. The van der Waals surface area contributed by atoms with Crippen LogP contribution in [-0.4, -0.2) is 17.6 Å². The summed E-state index contributed by atoms with van der Waals surface area (Å²) in [4.78, 5) is 0. The summed E-state index contributed by atoms with van der Waals surface area (Å²) in [5.41, 5.74) is -0.329. The number of unbranched alkanes of at least 4 members (excludes halogenated alkanes) is 8. The van der Waals surface area contributed by atoms with Crippen LogP contribution in [0.1, 0.15) is 104 Å². The maximum absolute atomic E-state index is 13.7. The van der Waals surface area contributed by atoms with Gasteiger partial charge in [0, 0.05) is 6.42 Å². The predicted octanol–water partition coefficient (Wildman–Crippen LogP) is 6.73. The van der Waals surface area contributed by atoms with Crippen LogP contribution < -0.4 is 0 Å². The fourth-order valence-corrected chi connectivity index (χ4v) is 3.29. The van der Waals surface area contributed by atoms with Crippen LogP contribution in [0.2, 0.25) is 0 Å². The van der Waals surface area contributed by atoms with E-state index in [0.29, 0.717) is 0 Å². The van der Waals surface area contributed by atoms with Gasteiger partial charge in [0.2, 0.25) is 0 Å². The lowest BCUT2D eigenvalue weighted by molar-refractivity contribution is -0.0860. The maximum atomic E-state index is 13.7. The quantitative estimate of drug-likeness (QED) is 0.332. The van der Waals surface area contributed by atoms with Crippen molar-refractivity contribution in [1.29, 1.82) is 0 Å². The lowest BCUT2D eigenvalue weighted by Gasteiger charge is -2.33. The van der Waals surface area contributed by atoms with E-state index in [-0.39, 0.29) is 11.8 Å². The van der Waals surface area contributed by atoms with E-state index in [0.717, 1.165) is 38.5 Å². The number of alkyl halides is 2. The molecule has 0 bridgehead atoms. The normalized spacial score (nSPS) is 12.8. The molecule has 0 radical (unpaired) electrons. The van der Waals surface area contributed by atoms with Crippen molar-refractivity contribution in [2.45, 2.75) is 110 Å². The summed E-state index contributed by atoms with van der Waals surface area (Å²) < 4.78 is 27.3. The van der Waals surface area contributed by atoms with Crippen LogP contribution in [0.15, 0.2) is 0 Å². The topological polar surface area (TPSA) is 20.2 Å². The lowest BCUT2D eigenvalue weighted by atomic mass is 9.75. The molecule has 0 atom stereocenters. The summed E-state index contributed by atoms with van der Waals surface area (Å²) in [6.45, 7) is 5.34. The van der Waals surface area contributed by atoms with E-state index in [1.54, 1.807) is 0 Å². The number of hydrogen-bond donors (Lipinski definition) is 1. The Labute approximate surface area is 136 Å². The van der Waals surface area contributed by atoms with E-state index in [1.807, 2.05) is 6.92 Å². The van der Waals surface area contributed by atoms with Crippen LogP contribution in [0, 0.1) is 5.41 Å². The van der Waals surface area contributed by atoms with Crippen molar-refractivity contribution in [2.75, 3.05) is 6.61 Å². The Morgan fingerprint density at radius 3 is 1.50 bits per heavy atom. The molecule has 1 nitrogen and oxygen atoms in total. The maximum Gasteiger partial charge on any atom is 0.271 e. The molecule has 0 aromatic carbocycles. The number of hydrogen-bond acceptors (Lipinski definition) is 1. The van der Waals surface area contributed by atoms with E-state index >= 15 is 0 Å². The van der Waals surface area contributed by atoms with Gasteiger partial charge in [-0.3, -0.25) is 0 Å². The Balaban J connectivity index is 4.28. The Morgan fingerprint density at radius 2 is 1.14 bits per heavy atom. The Kier molecular flexibility index (Phi) is 12.2. The van der Waals surface area contributed by atoms with Gasteiger partial charge < -0.3 is 5.11 Å². The summed E-state index contributed by atoms with van der Waals surface area (Å²) in [5.74, 6) is -2.93. The first kappa shape index (κ1) is 21.8. The first-order valence-electron chi connectivity index (χ1n) is 9.38. The molecule has 0 aliphatic carbocycles. The van der Waals surface area contributed by atoms with E-state index in [1.165, 1.54) is 38.5 Å². The summed E-state index contributed by atoms with van der Waals surface area (Å²) in [7, 11) is 0. The van der Waals surface area contributed by atoms with E-state index in [9.17, 15) is 8.78 Å². The van der Waals surface area contributed by atoms with Gasteiger partial charge in [-0.15, -0.1) is 0 Å². The SMILES string of the molecule is CCCCCCCC(C)(CCCCCCC)CC(F)(F)CO. The predicted molar refractivity (Wildman–Crippen MR) is 91.5 cm³/mol. The fraction of sp³-hybridized carbons (Fsp3) is 1.00. The summed E-state index contributed by atoms with van der Waals surface area (Å²) >= 11 is 0. The van der Waals surface area contributed by atoms with Gasteiger partial charge in [-0.1, -0.05) is 85.0 Å². The van der Waals surface area contributed by atoms with Crippen LogP contribution >= 0.6 is 0 Å². The van der Waals surface area contributed by atoms with Crippen molar-refractivity contribution in [2.24, 2.45) is 5.41 Å². The molecule has 22 heavy (non-hydrogen) atoms. The van der Waals surface area contributed by atoms with Crippen LogP contribution in [0.4, 0.5) is 8.78 Å². The van der Waals surface area contributed by atoms with Gasteiger partial charge in [-0.2, -0.15) is 0 Å². The molecule has 0 aromatic rings. The first-order valence-corrected chi connectivity index (χ1v) is 9.38. The van der Waals surface area contributed by atoms with Crippen LogP contribution in [0.25, 0.3) is 0 Å². The zero-order valence-corrected chi connectivity index (χ0v) is 15.1. The van der Waals surface area contributed by atoms with E-state index in [4.69, 9.17) is 5.11 Å². The fourth-order valence-electron chi connectivity index (χ4n) is 3.29. The second-order valence-corrected chi connectivity index (χ2v) is 7.33. The standard InChI is InChI=1S/C19H38F2O/c1-4-6-8-10-12-14-18(3,16-19(20,21)17-22)15-13-11-9-7-5-2/h22H,4-17H2,1-3H3. The Hall–Kier alpha value is -0.180. The smallest absolute Gasteiger partial charge is 0.271 e. The number of rotatable bonds is 15. The molecule has 0 aliphatic rings. The largest absolute Gasteiger partial charge is 0.390 e. The number of aliphatic hydroxyl groups is 1. The van der Waals surface area contributed by atoms with Crippen LogP contribution in [0.3, 0.4) is 0 Å². The van der Waals surface area contributed by atoms with Crippen LogP contribution in [0.5, 0.6) is 0 Å². The first-order chi connectivity index (χ1) is 10.4. The van der Waals surface area contributed by atoms with Gasteiger partial charge in [0.05, 0.1) is 0 Å². The van der Waals surface area contributed by atoms with Gasteiger partial charge in [-0.05, 0) is 18.3 Å². The highest BCUT2D eigenvalue weighted by Gasteiger charge is 2.38. The molecule has 0 fully saturated rings. The molecule has 0 unspecified atom stereocenters. The van der Waals surface area contributed by atoms with Crippen molar-refractivity contribution < 1.29 is 13.9 Å². The van der Waals surface area contributed by atoms with Gasteiger partial charge >= 0.3 is 0 Å². The van der Waals surface area contributed by atoms with Crippen molar-refractivity contribution in [3.63, 3.8) is 0 Å². The highest BCUT2D eigenvalue weighted by molar-refractivity contribution is 4.82. The van der Waals surface area contributed by atoms with Crippen molar-refractivity contribution in [3.05, 3.63) is 0 Å². The van der Waals surface area contributed by atoms with Gasteiger partial charge in [-0.25, -0.2) is 8.78 Å². The minimum atomic E-state index is -2.93. The third kappa shape index (κ3) is 11.4. The van der Waals surface area contributed by atoms with Gasteiger partial charge in [0.1, 0.15) is 6.61 Å². The van der Waals surface area contributed by atoms with E-state index < -0.39 is 12.5 Å². The minimum Gasteiger partial charge on any atom is -0.390 e. The molecule has 0 aromatic heterocycles. The van der Waals surface area contributed by atoms with Gasteiger partial charge in [0.15, 0.2) is 0 Å². The molecule has 0 saturated carbocycles. The molecule has 0 rings (SSSR count). The Morgan fingerprint density at radius 1 is 0.727 bits per heavy atom. The molecule has 1 N–H and O–H groups in total. The average molecular weight is 321 g/mol. The van der Waals surface area contributed by atoms with Gasteiger partial charge in [0.25, 0.3) is 5.92 Å². The molecule has 0 spiro atoms. The average Bonchev–Trinajstić information content (AvgIpc) is 2.46. The zero-order chi connectivity index (χ0) is 16.9. The van der Waals surface area contributed by atoms with Crippen molar-refractivity contribution in [3.8, 4) is 0 Å². The molecule has 0 saturated heterocycles. The molecule has 0 heterocycles. The highest BCUT2D eigenvalue weighted by Crippen LogP contribution is 2.40. The monoisotopic (exact) mass is 320 g/mol. The summed E-state index contributed by atoms with van der Waals surface area (Å²) in [5, 5.41) is 8.89. The van der Waals surface area contributed by atoms with Crippen molar-refractivity contribution >= 4 is 0 Å². The lowest BCUT2D eigenvalue weighted by Crippen LogP contribution is -2.31. The highest BCUT2D eigenvalue weighted by atomic mass is 19.3. The third-order valence-electron chi connectivity index (χ3n) is 4.68. The molecule has 3 heteroatoms. The number of halogens is 2. The van der Waals surface area contributed by atoms with Crippen molar-refractivity contribution in [1.82, 2.24) is 0 Å². The summed E-state index contributed by atoms with van der Waals surface area (Å²) in [6.07, 6.45) is 13.2. The second kappa shape index (κ2) is 12.3. The molecule has 134 valence electrons. The third-order valence-corrected chi connectivity index (χ3v) is 4.68. The minimum absolute atomic E-state index is 0.169. The molecular weight excluding hydrogens is 282 g/mol. The van der Waals surface area contributed by atoms with E-state index in [2.05, 4.69) is 13.8 Å². The van der Waals surface area contributed by atoms with Crippen LogP contribution in [-0.2, 0) is 0 Å². The molecule has 0 amide bonds. The second-order valence-electron chi connectivity index (χ2n) is 7.33. The molecular formula is C19H38F2O.